The highest BCUT2D eigenvalue weighted by molar-refractivity contribution is 5.94. The molecular formula is C22H25N9. The van der Waals surface area contributed by atoms with E-state index in [2.05, 4.69) is 48.9 Å². The van der Waals surface area contributed by atoms with E-state index in [0.29, 0.717) is 11.6 Å². The number of hydrogen-bond acceptors (Lipinski definition) is 8. The molecule has 5 rings (SSSR count). The molecule has 4 N–H and O–H groups in total. The molecule has 0 fully saturated rings. The zero-order valence-corrected chi connectivity index (χ0v) is 17.8. The van der Waals surface area contributed by atoms with E-state index in [1.807, 2.05) is 32.4 Å². The number of nitrogen functional groups attached to an aromatic ring is 1. The van der Waals surface area contributed by atoms with E-state index >= 15 is 0 Å². The van der Waals surface area contributed by atoms with E-state index in [1.165, 1.54) is 11.1 Å². The lowest BCUT2D eigenvalue weighted by molar-refractivity contribution is 0.346. The fourth-order valence-corrected chi connectivity index (χ4v) is 4.59. The fourth-order valence-electron chi connectivity index (χ4n) is 4.59. The fraction of sp³-hybridized carbons (Fsp3) is 0.318. The second-order valence-corrected chi connectivity index (χ2v) is 7.92. The average molecular weight is 416 g/mol. The second kappa shape index (κ2) is 7.28. The van der Waals surface area contributed by atoms with Gasteiger partial charge in [0.25, 0.3) is 0 Å². The van der Waals surface area contributed by atoms with Gasteiger partial charge in [-0.05, 0) is 55.5 Å². The van der Waals surface area contributed by atoms with Crippen molar-refractivity contribution in [2.45, 2.75) is 31.7 Å². The van der Waals surface area contributed by atoms with Crippen molar-refractivity contribution in [2.24, 2.45) is 7.05 Å². The van der Waals surface area contributed by atoms with Crippen molar-refractivity contribution in [1.82, 2.24) is 35.3 Å². The predicted octanol–water partition coefficient (Wildman–Crippen LogP) is 2.92. The summed E-state index contributed by atoms with van der Waals surface area (Å²) in [5, 5.41) is 16.6. The molecule has 1 atom stereocenters. The summed E-state index contributed by atoms with van der Waals surface area (Å²) in [6.45, 7) is 2.22. The first-order valence-electron chi connectivity index (χ1n) is 10.4. The molecule has 0 saturated carbocycles. The topological polar surface area (TPSA) is 119 Å². The number of nitrogens with zero attached hydrogens (tertiary/aromatic N) is 6. The van der Waals surface area contributed by atoms with Gasteiger partial charge in [0.2, 0.25) is 0 Å². The molecule has 0 amide bonds. The van der Waals surface area contributed by atoms with Crippen LogP contribution in [0.2, 0.25) is 0 Å². The summed E-state index contributed by atoms with van der Waals surface area (Å²) in [6, 6.07) is 6.08. The number of aromatic nitrogens is 6. The predicted molar refractivity (Wildman–Crippen MR) is 121 cm³/mol. The van der Waals surface area contributed by atoms with Gasteiger partial charge in [0.1, 0.15) is 23.1 Å². The number of pyridine rings is 3. The van der Waals surface area contributed by atoms with Crippen molar-refractivity contribution in [3.05, 3.63) is 47.9 Å². The van der Waals surface area contributed by atoms with E-state index in [-0.39, 0.29) is 5.54 Å². The summed E-state index contributed by atoms with van der Waals surface area (Å²) in [5.41, 5.74) is 10.3. The molecule has 31 heavy (non-hydrogen) atoms. The Morgan fingerprint density at radius 2 is 2.10 bits per heavy atom. The summed E-state index contributed by atoms with van der Waals surface area (Å²) in [5.74, 6) is 1.99. The minimum Gasteiger partial charge on any atom is -0.383 e. The summed E-state index contributed by atoms with van der Waals surface area (Å²) in [7, 11) is 3.86. The lowest BCUT2D eigenvalue weighted by Gasteiger charge is -2.28. The van der Waals surface area contributed by atoms with Crippen LogP contribution < -0.4 is 16.4 Å². The molecule has 0 saturated heterocycles. The number of nitrogens with one attached hydrogen (secondary N) is 2. The van der Waals surface area contributed by atoms with Gasteiger partial charge in [-0.15, -0.1) is 5.10 Å². The molecule has 0 bridgehead atoms. The Morgan fingerprint density at radius 1 is 1.23 bits per heavy atom. The molecule has 0 aliphatic heterocycles. The molecule has 9 nitrogen and oxygen atoms in total. The molecule has 0 spiro atoms. The van der Waals surface area contributed by atoms with Gasteiger partial charge in [0.05, 0.1) is 11.9 Å². The van der Waals surface area contributed by atoms with E-state index < -0.39 is 0 Å². The Bertz CT molecular complexity index is 1270. The van der Waals surface area contributed by atoms with Crippen LogP contribution in [0.1, 0.15) is 30.9 Å². The van der Waals surface area contributed by atoms with Crippen LogP contribution in [0.25, 0.3) is 22.2 Å². The Kier molecular flexibility index (Phi) is 4.55. The molecule has 1 aliphatic rings. The van der Waals surface area contributed by atoms with Crippen molar-refractivity contribution in [3.8, 4) is 11.4 Å². The Hall–Kier alpha value is -3.59. The summed E-state index contributed by atoms with van der Waals surface area (Å²) in [6.07, 6.45) is 8.36. The average Bonchev–Trinajstić information content (AvgIpc) is 3.38. The molecular weight excluding hydrogens is 390 g/mol. The van der Waals surface area contributed by atoms with E-state index in [4.69, 9.17) is 5.73 Å². The summed E-state index contributed by atoms with van der Waals surface area (Å²) >= 11 is 0. The van der Waals surface area contributed by atoms with Crippen LogP contribution in [0, 0.1) is 0 Å². The van der Waals surface area contributed by atoms with Gasteiger partial charge in [-0.25, -0.2) is 19.6 Å². The van der Waals surface area contributed by atoms with E-state index in [0.717, 1.165) is 47.2 Å². The van der Waals surface area contributed by atoms with Gasteiger partial charge < -0.3 is 16.4 Å². The van der Waals surface area contributed by atoms with Gasteiger partial charge >= 0.3 is 0 Å². The van der Waals surface area contributed by atoms with Gasteiger partial charge in [-0.2, -0.15) is 0 Å². The van der Waals surface area contributed by atoms with Crippen molar-refractivity contribution in [3.63, 3.8) is 0 Å². The summed E-state index contributed by atoms with van der Waals surface area (Å²) < 4.78 is 1.67. The first-order valence-corrected chi connectivity index (χ1v) is 10.4. The molecule has 158 valence electrons. The van der Waals surface area contributed by atoms with Crippen LogP contribution in [-0.4, -0.2) is 37.0 Å². The second-order valence-electron chi connectivity index (χ2n) is 7.92. The maximum absolute atomic E-state index is 6.21. The van der Waals surface area contributed by atoms with Gasteiger partial charge in [0.15, 0.2) is 0 Å². The van der Waals surface area contributed by atoms with E-state index in [1.54, 1.807) is 17.1 Å². The number of hydrogen-bond donors (Lipinski definition) is 3. The third-order valence-electron chi connectivity index (χ3n) is 6.42. The number of aryl methyl sites for hydroxylation is 1. The van der Waals surface area contributed by atoms with Crippen LogP contribution in [0.5, 0.6) is 0 Å². The quantitative estimate of drug-likeness (QED) is 0.455. The van der Waals surface area contributed by atoms with Crippen molar-refractivity contribution >= 4 is 28.2 Å². The molecule has 0 radical (unpaired) electrons. The van der Waals surface area contributed by atoms with Crippen LogP contribution >= 0.6 is 0 Å². The molecule has 4 aromatic heterocycles. The Labute approximate surface area is 180 Å². The smallest absolute Gasteiger partial charge is 0.135 e. The summed E-state index contributed by atoms with van der Waals surface area (Å²) in [4.78, 5) is 13.7. The molecule has 4 aromatic rings. The van der Waals surface area contributed by atoms with Crippen molar-refractivity contribution < 1.29 is 0 Å². The third-order valence-corrected chi connectivity index (χ3v) is 6.42. The minimum atomic E-state index is 0.0116. The molecule has 1 aliphatic carbocycles. The van der Waals surface area contributed by atoms with Gasteiger partial charge in [-0.3, -0.25) is 0 Å². The third kappa shape index (κ3) is 3.09. The highest BCUT2D eigenvalue weighted by atomic mass is 15.4. The SMILES string of the molecule is CC[C@]1(NC)CCc2c1ccnc2Nc1cc2cc(-c3cnnn3C)nc(N)c2cn1. The standard InChI is InChI=1S/C22H25N9/c1-4-22(24-2)7-5-14-16(22)6-8-25-21(14)29-19-10-13-9-17(18-12-27-30-31(18)3)28-20(23)15(13)11-26-19/h6,8-12,24H,4-5,7H2,1-3H3,(H2,23,28)(H,25,26,29)/t22-/m0/s1. The van der Waals surface area contributed by atoms with Crippen LogP contribution in [0.15, 0.2) is 36.8 Å². The van der Waals surface area contributed by atoms with Crippen LogP contribution in [-0.2, 0) is 19.0 Å². The first kappa shape index (κ1) is 19.4. The highest BCUT2D eigenvalue weighted by Crippen LogP contribution is 2.42. The normalized spacial score (nSPS) is 17.8. The minimum absolute atomic E-state index is 0.0116. The van der Waals surface area contributed by atoms with Crippen LogP contribution in [0.4, 0.5) is 17.5 Å². The molecule has 0 aromatic carbocycles. The molecule has 9 heteroatoms. The number of fused-ring (bicyclic) bond motifs is 2. The van der Waals surface area contributed by atoms with Gasteiger partial charge in [0, 0.05) is 35.9 Å². The van der Waals surface area contributed by atoms with Crippen molar-refractivity contribution in [2.75, 3.05) is 18.1 Å². The molecule has 4 heterocycles. The van der Waals surface area contributed by atoms with Crippen LogP contribution in [0.3, 0.4) is 0 Å². The number of rotatable bonds is 5. The van der Waals surface area contributed by atoms with Gasteiger partial charge in [-0.1, -0.05) is 12.1 Å². The first-order chi connectivity index (χ1) is 15.0. The molecule has 0 unspecified atom stereocenters. The number of anilines is 3. The maximum Gasteiger partial charge on any atom is 0.135 e. The Morgan fingerprint density at radius 3 is 2.84 bits per heavy atom. The Balaban J connectivity index is 1.54. The number of nitrogens with two attached hydrogens (primary N) is 1. The zero-order chi connectivity index (χ0) is 21.6. The maximum atomic E-state index is 6.21. The highest BCUT2D eigenvalue weighted by Gasteiger charge is 2.37. The lowest BCUT2D eigenvalue weighted by Crippen LogP contribution is -2.37. The van der Waals surface area contributed by atoms with E-state index in [9.17, 15) is 0 Å². The lowest BCUT2D eigenvalue weighted by atomic mass is 9.90. The zero-order valence-electron chi connectivity index (χ0n) is 17.8. The largest absolute Gasteiger partial charge is 0.383 e. The monoisotopic (exact) mass is 415 g/mol. The van der Waals surface area contributed by atoms with Crippen molar-refractivity contribution in [1.29, 1.82) is 0 Å².